The fourth-order valence-electron chi connectivity index (χ4n) is 2.63. The summed E-state index contributed by atoms with van der Waals surface area (Å²) in [5.74, 6) is -0.283. The van der Waals surface area contributed by atoms with Crippen LogP contribution in [-0.2, 0) is 4.79 Å². The summed E-state index contributed by atoms with van der Waals surface area (Å²) in [6, 6.07) is 2.37. The number of carbonyl (C=O) groups excluding carboxylic acids is 1. The number of aliphatic carboxylic acids is 1. The van der Waals surface area contributed by atoms with Gasteiger partial charge in [-0.05, 0) is 39.8 Å². The summed E-state index contributed by atoms with van der Waals surface area (Å²) in [7, 11) is 0. The van der Waals surface area contributed by atoms with Crippen molar-refractivity contribution in [2.24, 2.45) is 0 Å². The molecule has 0 saturated carbocycles. The first kappa shape index (κ1) is 16.7. The van der Waals surface area contributed by atoms with Gasteiger partial charge >= 0.3 is 5.97 Å². The van der Waals surface area contributed by atoms with Crippen molar-refractivity contribution in [3.8, 4) is 11.3 Å². The van der Waals surface area contributed by atoms with E-state index in [-0.39, 0.29) is 11.3 Å². The van der Waals surface area contributed by atoms with Gasteiger partial charge < -0.3 is 19.4 Å². The monoisotopic (exact) mass is 343 g/mol. The number of aromatic nitrogens is 2. The third-order valence-electron chi connectivity index (χ3n) is 3.90. The van der Waals surface area contributed by atoms with Crippen LogP contribution in [0.5, 0.6) is 0 Å². The summed E-state index contributed by atoms with van der Waals surface area (Å²) in [5.41, 5.74) is 2.19. The Morgan fingerprint density at radius 3 is 2.56 bits per heavy atom. The molecule has 0 aliphatic heterocycles. The number of amides is 1. The van der Waals surface area contributed by atoms with Crippen LogP contribution in [0.2, 0.25) is 0 Å². The van der Waals surface area contributed by atoms with Gasteiger partial charge in [0.05, 0.1) is 22.3 Å². The molecular weight excluding hydrogens is 326 g/mol. The molecule has 0 aromatic carbocycles. The first-order valence-corrected chi connectivity index (χ1v) is 7.66. The van der Waals surface area contributed by atoms with Crippen molar-refractivity contribution in [3.05, 3.63) is 34.9 Å². The molecule has 3 heterocycles. The van der Waals surface area contributed by atoms with E-state index in [0.29, 0.717) is 28.3 Å². The first-order chi connectivity index (χ1) is 11.8. The highest BCUT2D eigenvalue weighted by Crippen LogP contribution is 2.30. The number of hydrogen-bond donors (Lipinski definition) is 2. The van der Waals surface area contributed by atoms with Crippen LogP contribution in [0.1, 0.15) is 34.5 Å². The number of nitrogens with one attached hydrogen (secondary N) is 1. The summed E-state index contributed by atoms with van der Waals surface area (Å²) in [5, 5.41) is 15.8. The Hall–Kier alpha value is -3.16. The molecule has 0 aliphatic carbocycles. The van der Waals surface area contributed by atoms with E-state index in [4.69, 9.17) is 14.0 Å². The molecule has 8 heteroatoms. The van der Waals surface area contributed by atoms with Crippen LogP contribution >= 0.6 is 0 Å². The third kappa shape index (κ3) is 2.98. The molecule has 3 aromatic rings. The first-order valence-electron chi connectivity index (χ1n) is 7.66. The predicted octanol–water partition coefficient (Wildman–Crippen LogP) is 2.61. The second kappa shape index (κ2) is 6.04. The van der Waals surface area contributed by atoms with Gasteiger partial charge in [0.25, 0.3) is 11.6 Å². The van der Waals surface area contributed by atoms with Crippen molar-refractivity contribution in [1.29, 1.82) is 0 Å². The van der Waals surface area contributed by atoms with Crippen molar-refractivity contribution in [3.63, 3.8) is 0 Å². The fraction of sp³-hybridized carbons (Fsp3) is 0.294. The van der Waals surface area contributed by atoms with Crippen molar-refractivity contribution < 1.29 is 23.6 Å². The van der Waals surface area contributed by atoms with Crippen LogP contribution in [0.3, 0.4) is 0 Å². The standard InChI is InChI=1S/C17H17N3O5/c1-7-5-11(10(4)24-7)13-6-12(15(21)18-9(3)17(22)23)14-8(2)20-25-16(14)19-13/h5-6,9H,1-4H3,(H,18,21)(H,22,23). The normalized spacial score (nSPS) is 12.3. The van der Waals surface area contributed by atoms with E-state index in [9.17, 15) is 9.59 Å². The van der Waals surface area contributed by atoms with E-state index in [0.717, 1.165) is 5.56 Å². The molecule has 3 rings (SSSR count). The van der Waals surface area contributed by atoms with Gasteiger partial charge in [0.2, 0.25) is 0 Å². The number of fused-ring (bicyclic) bond motifs is 1. The molecule has 8 nitrogen and oxygen atoms in total. The highest BCUT2D eigenvalue weighted by molar-refractivity contribution is 6.07. The van der Waals surface area contributed by atoms with Crippen molar-refractivity contribution in [2.45, 2.75) is 33.7 Å². The molecular formula is C17H17N3O5. The van der Waals surface area contributed by atoms with Crippen molar-refractivity contribution in [1.82, 2.24) is 15.5 Å². The number of carbonyl (C=O) groups is 2. The zero-order chi connectivity index (χ0) is 18.3. The predicted molar refractivity (Wildman–Crippen MR) is 88.3 cm³/mol. The maximum Gasteiger partial charge on any atom is 0.325 e. The second-order valence-electron chi connectivity index (χ2n) is 5.86. The number of nitrogens with zero attached hydrogens (tertiary/aromatic N) is 2. The SMILES string of the molecule is Cc1cc(-c2cc(C(=O)NC(C)C(=O)O)c3c(C)noc3n2)c(C)o1. The average Bonchev–Trinajstić information content (AvgIpc) is 3.08. The number of aryl methyl sites for hydroxylation is 3. The lowest BCUT2D eigenvalue weighted by Crippen LogP contribution is -2.38. The zero-order valence-corrected chi connectivity index (χ0v) is 14.2. The topological polar surface area (TPSA) is 118 Å². The molecule has 0 saturated heterocycles. The zero-order valence-electron chi connectivity index (χ0n) is 14.2. The fourth-order valence-corrected chi connectivity index (χ4v) is 2.63. The van der Waals surface area contributed by atoms with Crippen molar-refractivity contribution >= 4 is 23.0 Å². The van der Waals surface area contributed by atoms with E-state index in [1.165, 1.54) is 6.92 Å². The number of hydrogen-bond acceptors (Lipinski definition) is 6. The van der Waals surface area contributed by atoms with Crippen LogP contribution in [0, 0.1) is 20.8 Å². The third-order valence-corrected chi connectivity index (χ3v) is 3.90. The molecule has 1 atom stereocenters. The van der Waals surface area contributed by atoms with Gasteiger partial charge in [-0.15, -0.1) is 0 Å². The number of carboxylic acid groups (broad SMARTS) is 1. The number of furan rings is 1. The molecule has 1 unspecified atom stereocenters. The maximum absolute atomic E-state index is 12.6. The Labute approximate surface area is 142 Å². The van der Waals surface area contributed by atoms with E-state index in [2.05, 4.69) is 15.5 Å². The Morgan fingerprint density at radius 1 is 1.24 bits per heavy atom. The van der Waals surface area contributed by atoms with Gasteiger partial charge in [-0.25, -0.2) is 4.98 Å². The van der Waals surface area contributed by atoms with Crippen LogP contribution in [-0.4, -0.2) is 33.2 Å². The van der Waals surface area contributed by atoms with E-state index in [1.807, 2.05) is 13.0 Å². The van der Waals surface area contributed by atoms with Gasteiger partial charge in [-0.1, -0.05) is 5.16 Å². The lowest BCUT2D eigenvalue weighted by atomic mass is 10.0. The van der Waals surface area contributed by atoms with Crippen LogP contribution < -0.4 is 5.32 Å². The highest BCUT2D eigenvalue weighted by Gasteiger charge is 2.23. The Morgan fingerprint density at radius 2 is 1.96 bits per heavy atom. The van der Waals surface area contributed by atoms with Gasteiger partial charge in [0, 0.05) is 5.56 Å². The van der Waals surface area contributed by atoms with Gasteiger partial charge in [0.15, 0.2) is 0 Å². The molecule has 0 radical (unpaired) electrons. The maximum atomic E-state index is 12.6. The van der Waals surface area contributed by atoms with E-state index >= 15 is 0 Å². The molecule has 25 heavy (non-hydrogen) atoms. The molecule has 130 valence electrons. The Kier molecular flexibility index (Phi) is 4.03. The van der Waals surface area contributed by atoms with Crippen LogP contribution in [0.25, 0.3) is 22.4 Å². The minimum atomic E-state index is -1.12. The van der Waals surface area contributed by atoms with E-state index in [1.54, 1.807) is 19.9 Å². The minimum Gasteiger partial charge on any atom is -0.480 e. The van der Waals surface area contributed by atoms with Gasteiger partial charge in [-0.3, -0.25) is 9.59 Å². The number of pyridine rings is 1. The molecule has 0 aliphatic rings. The summed E-state index contributed by atoms with van der Waals surface area (Å²) >= 11 is 0. The summed E-state index contributed by atoms with van der Waals surface area (Å²) in [6.45, 7) is 6.70. The molecule has 0 fully saturated rings. The molecule has 1 amide bonds. The average molecular weight is 343 g/mol. The summed E-state index contributed by atoms with van der Waals surface area (Å²) in [6.07, 6.45) is 0. The second-order valence-corrected chi connectivity index (χ2v) is 5.86. The van der Waals surface area contributed by atoms with Gasteiger partial charge in [0.1, 0.15) is 17.6 Å². The molecule has 0 spiro atoms. The van der Waals surface area contributed by atoms with E-state index < -0.39 is 17.9 Å². The molecule has 0 bridgehead atoms. The quantitative estimate of drug-likeness (QED) is 0.747. The molecule has 2 N–H and O–H groups in total. The number of carboxylic acids is 1. The largest absolute Gasteiger partial charge is 0.480 e. The Bertz CT molecular complexity index is 986. The summed E-state index contributed by atoms with van der Waals surface area (Å²) < 4.78 is 10.7. The van der Waals surface area contributed by atoms with Crippen LogP contribution in [0.4, 0.5) is 0 Å². The van der Waals surface area contributed by atoms with Crippen molar-refractivity contribution in [2.75, 3.05) is 0 Å². The van der Waals surface area contributed by atoms with Crippen LogP contribution in [0.15, 0.2) is 21.1 Å². The molecule has 3 aromatic heterocycles. The highest BCUT2D eigenvalue weighted by atomic mass is 16.5. The Balaban J connectivity index is 2.15. The lowest BCUT2D eigenvalue weighted by Gasteiger charge is -2.10. The lowest BCUT2D eigenvalue weighted by molar-refractivity contribution is -0.138. The van der Waals surface area contributed by atoms with Gasteiger partial charge in [-0.2, -0.15) is 0 Å². The summed E-state index contributed by atoms with van der Waals surface area (Å²) in [4.78, 5) is 28.0. The smallest absolute Gasteiger partial charge is 0.325 e. The minimum absolute atomic E-state index is 0.210. The number of rotatable bonds is 4.